The first-order valence-corrected chi connectivity index (χ1v) is 3.94. The molecule has 1 aromatic rings. The van der Waals surface area contributed by atoms with Gasteiger partial charge in [0.05, 0.1) is 18.9 Å². The number of aromatic nitrogens is 1. The summed E-state index contributed by atoms with van der Waals surface area (Å²) >= 11 is 0. The summed E-state index contributed by atoms with van der Waals surface area (Å²) in [6.07, 6.45) is 3.40. The summed E-state index contributed by atoms with van der Waals surface area (Å²) in [7, 11) is 5.31. The Hall–Kier alpha value is -1.58. The lowest BCUT2D eigenvalue weighted by Crippen LogP contribution is -2.02. The zero-order valence-electron chi connectivity index (χ0n) is 8.06. The molecule has 0 amide bonds. The number of hydrogen-bond donors (Lipinski definition) is 0. The molecule has 0 radical (unpaired) electrons. The van der Waals surface area contributed by atoms with Gasteiger partial charge in [0.25, 0.3) is 0 Å². The van der Waals surface area contributed by atoms with Crippen molar-refractivity contribution in [1.29, 1.82) is 0 Å². The average Bonchev–Trinajstić information content (AvgIpc) is 2.15. The highest BCUT2D eigenvalue weighted by Crippen LogP contribution is 2.10. The van der Waals surface area contributed by atoms with Gasteiger partial charge in [-0.05, 0) is 12.1 Å². The smallest absolute Gasteiger partial charge is 0.222 e. The highest BCUT2D eigenvalue weighted by atomic mass is 16.5. The lowest BCUT2D eigenvalue weighted by molar-refractivity contribution is 0.396. The second kappa shape index (κ2) is 4.45. The minimum absolute atomic E-state index is 0.591. The summed E-state index contributed by atoms with van der Waals surface area (Å²) in [4.78, 5) is 4.04. The average molecular weight is 179 g/mol. The third kappa shape index (κ3) is 2.74. The number of methoxy groups -OCH3 is 1. The van der Waals surface area contributed by atoms with Gasteiger partial charge in [0.1, 0.15) is 0 Å². The molecule has 1 aromatic heterocycles. The van der Waals surface area contributed by atoms with Gasteiger partial charge in [0.15, 0.2) is 0 Å². The van der Waals surface area contributed by atoms with Crippen molar-refractivity contribution < 1.29 is 4.74 Å². The number of hydrazone groups is 1. The first kappa shape index (κ1) is 9.51. The summed E-state index contributed by atoms with van der Waals surface area (Å²) in [6.45, 7) is 0. The molecule has 0 aliphatic carbocycles. The van der Waals surface area contributed by atoms with Gasteiger partial charge in [0.2, 0.25) is 5.88 Å². The van der Waals surface area contributed by atoms with E-state index in [1.165, 1.54) is 0 Å². The topological polar surface area (TPSA) is 37.7 Å². The molecule has 4 nitrogen and oxygen atoms in total. The molecule has 0 saturated heterocycles. The van der Waals surface area contributed by atoms with Crippen LogP contribution in [-0.2, 0) is 0 Å². The Balaban J connectivity index is 2.87. The van der Waals surface area contributed by atoms with Crippen molar-refractivity contribution in [3.63, 3.8) is 0 Å². The molecule has 0 N–H and O–H groups in total. The zero-order chi connectivity index (χ0) is 9.68. The van der Waals surface area contributed by atoms with E-state index in [4.69, 9.17) is 4.74 Å². The minimum atomic E-state index is 0.591. The minimum Gasteiger partial charge on any atom is -0.481 e. The Morgan fingerprint density at radius 3 is 2.92 bits per heavy atom. The Labute approximate surface area is 77.8 Å². The molecule has 0 unspecified atom stereocenters. The molecular weight excluding hydrogens is 166 g/mol. The van der Waals surface area contributed by atoms with Gasteiger partial charge in [-0.15, -0.1) is 0 Å². The van der Waals surface area contributed by atoms with Crippen LogP contribution >= 0.6 is 0 Å². The number of hydrogen-bond acceptors (Lipinski definition) is 4. The van der Waals surface area contributed by atoms with Crippen molar-refractivity contribution in [2.45, 2.75) is 0 Å². The molecule has 0 aromatic carbocycles. The summed E-state index contributed by atoms with van der Waals surface area (Å²) in [5, 5.41) is 5.81. The second-order valence-corrected chi connectivity index (χ2v) is 2.69. The van der Waals surface area contributed by atoms with Crippen molar-refractivity contribution in [1.82, 2.24) is 9.99 Å². The summed E-state index contributed by atoms with van der Waals surface area (Å²) in [5.41, 5.74) is 0.874. The van der Waals surface area contributed by atoms with Crippen LogP contribution in [-0.4, -0.2) is 37.4 Å². The molecule has 1 rings (SSSR count). The van der Waals surface area contributed by atoms with Gasteiger partial charge in [-0.25, -0.2) is 4.98 Å². The van der Waals surface area contributed by atoms with E-state index in [0.717, 1.165) is 5.56 Å². The lowest BCUT2D eigenvalue weighted by Gasteiger charge is -2.04. The molecule has 4 heteroatoms. The predicted octanol–water partition coefficient (Wildman–Crippen LogP) is 0.986. The highest BCUT2D eigenvalue weighted by Gasteiger charge is 1.98. The van der Waals surface area contributed by atoms with Crippen LogP contribution in [0.25, 0.3) is 0 Å². The molecule has 70 valence electrons. The quantitative estimate of drug-likeness (QED) is 0.513. The maximum absolute atomic E-state index is 5.06. The fourth-order valence-electron chi connectivity index (χ4n) is 0.850. The Kier molecular flexibility index (Phi) is 3.25. The van der Waals surface area contributed by atoms with E-state index in [-0.39, 0.29) is 0 Å². The fourth-order valence-corrected chi connectivity index (χ4v) is 0.850. The van der Waals surface area contributed by atoms with Crippen LogP contribution in [0, 0.1) is 0 Å². The summed E-state index contributed by atoms with van der Waals surface area (Å²) in [6, 6.07) is 3.75. The van der Waals surface area contributed by atoms with Crippen molar-refractivity contribution in [3.05, 3.63) is 23.9 Å². The van der Waals surface area contributed by atoms with E-state index in [0.29, 0.717) is 5.88 Å². The third-order valence-electron chi connectivity index (χ3n) is 1.42. The van der Waals surface area contributed by atoms with Crippen LogP contribution in [0.3, 0.4) is 0 Å². The number of nitrogens with zero attached hydrogens (tertiary/aromatic N) is 3. The molecule has 0 saturated carbocycles. The molecule has 0 atom stereocenters. The lowest BCUT2D eigenvalue weighted by atomic mass is 10.3. The Bertz CT molecular complexity index is 297. The van der Waals surface area contributed by atoms with Gasteiger partial charge in [-0.1, -0.05) is 0 Å². The first-order valence-electron chi connectivity index (χ1n) is 3.94. The monoisotopic (exact) mass is 179 g/mol. The molecule has 1 heterocycles. The summed E-state index contributed by atoms with van der Waals surface area (Å²) in [5.74, 6) is 0.591. The largest absolute Gasteiger partial charge is 0.481 e. The SMILES string of the molecule is COc1ncccc1/C=N/N(C)C. The van der Waals surface area contributed by atoms with E-state index < -0.39 is 0 Å². The van der Waals surface area contributed by atoms with Gasteiger partial charge in [-0.2, -0.15) is 5.10 Å². The van der Waals surface area contributed by atoms with E-state index >= 15 is 0 Å². The van der Waals surface area contributed by atoms with E-state index in [1.54, 1.807) is 24.5 Å². The maximum Gasteiger partial charge on any atom is 0.222 e. The Morgan fingerprint density at radius 1 is 1.54 bits per heavy atom. The normalized spacial score (nSPS) is 10.4. The molecular formula is C9H13N3O. The zero-order valence-corrected chi connectivity index (χ0v) is 8.06. The maximum atomic E-state index is 5.06. The van der Waals surface area contributed by atoms with Crippen LogP contribution < -0.4 is 4.74 Å². The number of ether oxygens (including phenoxy) is 1. The summed E-state index contributed by atoms with van der Waals surface area (Å²) < 4.78 is 5.06. The molecule has 0 fully saturated rings. The van der Waals surface area contributed by atoms with Crippen LogP contribution in [0.1, 0.15) is 5.56 Å². The van der Waals surface area contributed by atoms with Crippen LogP contribution in [0.5, 0.6) is 5.88 Å². The van der Waals surface area contributed by atoms with E-state index in [9.17, 15) is 0 Å². The predicted molar refractivity (Wildman–Crippen MR) is 52.1 cm³/mol. The molecule has 0 aliphatic rings. The molecule has 0 bridgehead atoms. The van der Waals surface area contributed by atoms with Crippen molar-refractivity contribution >= 4 is 6.21 Å². The van der Waals surface area contributed by atoms with Crippen LogP contribution in [0.2, 0.25) is 0 Å². The van der Waals surface area contributed by atoms with Gasteiger partial charge < -0.3 is 9.75 Å². The van der Waals surface area contributed by atoms with Crippen molar-refractivity contribution in [3.8, 4) is 5.88 Å². The van der Waals surface area contributed by atoms with Crippen molar-refractivity contribution in [2.75, 3.05) is 21.2 Å². The Morgan fingerprint density at radius 2 is 2.31 bits per heavy atom. The molecule has 0 aliphatic heterocycles. The van der Waals surface area contributed by atoms with Gasteiger partial charge >= 0.3 is 0 Å². The van der Waals surface area contributed by atoms with Gasteiger partial charge in [-0.3, -0.25) is 0 Å². The van der Waals surface area contributed by atoms with Gasteiger partial charge in [0, 0.05) is 20.3 Å². The number of pyridine rings is 1. The van der Waals surface area contributed by atoms with Crippen LogP contribution in [0.4, 0.5) is 0 Å². The molecule has 13 heavy (non-hydrogen) atoms. The first-order chi connectivity index (χ1) is 6.24. The molecule has 0 spiro atoms. The fraction of sp³-hybridized carbons (Fsp3) is 0.333. The second-order valence-electron chi connectivity index (χ2n) is 2.69. The highest BCUT2D eigenvalue weighted by molar-refractivity contribution is 5.82. The van der Waals surface area contributed by atoms with E-state index in [1.807, 2.05) is 26.2 Å². The van der Waals surface area contributed by atoms with Crippen molar-refractivity contribution in [2.24, 2.45) is 5.10 Å². The standard InChI is InChI=1S/C9H13N3O/c1-12(2)11-7-8-5-4-6-10-9(8)13-3/h4-7H,1-3H3/b11-7+. The third-order valence-corrected chi connectivity index (χ3v) is 1.42. The van der Waals surface area contributed by atoms with Crippen LogP contribution in [0.15, 0.2) is 23.4 Å². The number of rotatable bonds is 3. The van der Waals surface area contributed by atoms with E-state index in [2.05, 4.69) is 10.1 Å².